The summed E-state index contributed by atoms with van der Waals surface area (Å²) in [6, 6.07) is 11.5. The van der Waals surface area contributed by atoms with Gasteiger partial charge in [-0.1, -0.05) is 19.1 Å². The monoisotopic (exact) mass is 499 g/mol. The van der Waals surface area contributed by atoms with Crippen molar-refractivity contribution in [3.05, 3.63) is 81.3 Å². The van der Waals surface area contributed by atoms with Gasteiger partial charge in [-0.2, -0.15) is 18.3 Å². The number of piperazine rings is 1. The number of halogens is 3. The van der Waals surface area contributed by atoms with E-state index in [0.29, 0.717) is 5.69 Å². The van der Waals surface area contributed by atoms with Crippen molar-refractivity contribution < 1.29 is 18.0 Å². The average molecular weight is 500 g/mol. The fourth-order valence-corrected chi connectivity index (χ4v) is 4.43. The second-order valence-corrected chi connectivity index (χ2v) is 8.80. The van der Waals surface area contributed by atoms with E-state index in [1.165, 1.54) is 25.1 Å². The summed E-state index contributed by atoms with van der Waals surface area (Å²) in [5.74, 6) is -0.790. The summed E-state index contributed by atoms with van der Waals surface area (Å²) >= 11 is 0. The summed E-state index contributed by atoms with van der Waals surface area (Å²) in [4.78, 5) is 30.2. The van der Waals surface area contributed by atoms with Gasteiger partial charge in [-0.25, -0.2) is 4.68 Å². The number of nitrogens with one attached hydrogen (secondary N) is 1. The van der Waals surface area contributed by atoms with Crippen LogP contribution in [0.1, 0.15) is 34.2 Å². The van der Waals surface area contributed by atoms with E-state index in [2.05, 4.69) is 27.1 Å². The number of anilines is 2. The second kappa shape index (κ2) is 10.1. The largest absolute Gasteiger partial charge is 0.418 e. The molecule has 36 heavy (non-hydrogen) atoms. The summed E-state index contributed by atoms with van der Waals surface area (Å²) in [5, 5.41) is 6.69. The van der Waals surface area contributed by atoms with Gasteiger partial charge in [-0.3, -0.25) is 9.59 Å². The quantitative estimate of drug-likeness (QED) is 0.568. The highest BCUT2D eigenvalue weighted by molar-refractivity contribution is 6.02. The molecular weight excluding hydrogens is 471 g/mol. The molecule has 1 aliphatic rings. The zero-order valence-electron chi connectivity index (χ0n) is 20.4. The maximum Gasteiger partial charge on any atom is 0.418 e. The van der Waals surface area contributed by atoms with E-state index < -0.39 is 28.8 Å². The standard InChI is InChI=1S/C26H28F3N5O2/c1-4-32-11-13-33(14-12-32)21-10-9-19(15-17(21)2)30-25(36)24-23(35)16-18(3)34(31-24)22-8-6-5-7-20(22)26(27,28)29/h5-10,15-16H,4,11-14H2,1-3H3,(H,30,36). The fraction of sp³-hybridized carbons (Fsp3) is 0.346. The van der Waals surface area contributed by atoms with Gasteiger partial charge in [0.05, 0.1) is 11.3 Å². The number of likely N-dealkylation sites (N-methyl/N-ethyl adjacent to an activating group) is 1. The Labute approximate surface area is 207 Å². The number of benzene rings is 2. The van der Waals surface area contributed by atoms with E-state index in [1.54, 1.807) is 6.07 Å². The summed E-state index contributed by atoms with van der Waals surface area (Å²) < 4.78 is 41.6. The summed E-state index contributed by atoms with van der Waals surface area (Å²) in [5.41, 5.74) is 0.341. The molecule has 0 atom stereocenters. The molecule has 190 valence electrons. The van der Waals surface area contributed by atoms with Gasteiger partial charge >= 0.3 is 6.18 Å². The second-order valence-electron chi connectivity index (χ2n) is 8.80. The maximum absolute atomic E-state index is 13.5. The molecule has 4 rings (SSSR count). The van der Waals surface area contributed by atoms with E-state index in [1.807, 2.05) is 19.1 Å². The third-order valence-electron chi connectivity index (χ3n) is 6.38. The number of aryl methyl sites for hydroxylation is 2. The summed E-state index contributed by atoms with van der Waals surface area (Å²) in [7, 11) is 0. The molecule has 7 nitrogen and oxygen atoms in total. The molecule has 0 saturated carbocycles. The molecule has 1 saturated heterocycles. The highest BCUT2D eigenvalue weighted by atomic mass is 19.4. The van der Waals surface area contributed by atoms with Crippen LogP contribution in [0.5, 0.6) is 0 Å². The molecular formula is C26H28F3N5O2. The maximum atomic E-state index is 13.5. The van der Waals surface area contributed by atoms with Gasteiger partial charge in [0.1, 0.15) is 0 Å². The van der Waals surface area contributed by atoms with Gasteiger partial charge < -0.3 is 15.1 Å². The van der Waals surface area contributed by atoms with Gasteiger partial charge in [-0.15, -0.1) is 0 Å². The number of rotatable bonds is 5. The van der Waals surface area contributed by atoms with Gasteiger partial charge in [-0.05, 0) is 56.3 Å². The van der Waals surface area contributed by atoms with E-state index in [0.717, 1.165) is 60.8 Å². The number of carbonyl (C=O) groups is 1. The van der Waals surface area contributed by atoms with E-state index in [9.17, 15) is 22.8 Å². The van der Waals surface area contributed by atoms with Crippen molar-refractivity contribution in [2.75, 3.05) is 42.9 Å². The zero-order chi connectivity index (χ0) is 26.0. The van der Waals surface area contributed by atoms with Gasteiger partial charge in [0.15, 0.2) is 5.69 Å². The lowest BCUT2D eigenvalue weighted by Crippen LogP contribution is -2.46. The lowest BCUT2D eigenvalue weighted by Gasteiger charge is -2.36. The number of amides is 1. The predicted molar refractivity (Wildman–Crippen MR) is 133 cm³/mol. The van der Waals surface area contributed by atoms with Gasteiger partial charge in [0.2, 0.25) is 5.43 Å². The van der Waals surface area contributed by atoms with Gasteiger partial charge in [0.25, 0.3) is 5.91 Å². The molecule has 0 spiro atoms. The molecule has 2 aromatic carbocycles. The molecule has 1 fully saturated rings. The van der Waals surface area contributed by atoms with Crippen LogP contribution >= 0.6 is 0 Å². The third-order valence-corrected chi connectivity index (χ3v) is 6.38. The number of aromatic nitrogens is 2. The summed E-state index contributed by atoms with van der Waals surface area (Å²) in [6.07, 6.45) is -4.63. The Morgan fingerprint density at radius 3 is 2.33 bits per heavy atom. The highest BCUT2D eigenvalue weighted by Gasteiger charge is 2.34. The topological polar surface area (TPSA) is 70.5 Å². The van der Waals surface area contributed by atoms with Crippen LogP contribution in [0.15, 0.2) is 53.3 Å². The molecule has 0 aliphatic carbocycles. The minimum atomic E-state index is -4.63. The molecule has 1 amide bonds. The fourth-order valence-electron chi connectivity index (χ4n) is 4.43. The molecule has 1 N–H and O–H groups in total. The molecule has 0 bridgehead atoms. The number of alkyl halides is 3. The molecule has 10 heteroatoms. The Morgan fingerprint density at radius 1 is 1.00 bits per heavy atom. The average Bonchev–Trinajstić information content (AvgIpc) is 2.84. The molecule has 1 aromatic heterocycles. The van der Waals surface area contributed by atoms with Gasteiger partial charge in [0, 0.05) is 49.3 Å². The van der Waals surface area contributed by atoms with Crippen molar-refractivity contribution in [2.45, 2.75) is 26.9 Å². The van der Waals surface area contributed by atoms with Crippen LogP contribution in [-0.4, -0.2) is 53.3 Å². The SMILES string of the molecule is CCN1CCN(c2ccc(NC(=O)c3nn(-c4ccccc4C(F)(F)F)c(C)cc3=O)cc2C)CC1. The van der Waals surface area contributed by atoms with E-state index >= 15 is 0 Å². The lowest BCUT2D eigenvalue weighted by molar-refractivity contribution is -0.137. The molecule has 0 radical (unpaired) electrons. The molecule has 0 unspecified atom stereocenters. The minimum Gasteiger partial charge on any atom is -0.369 e. The Balaban J connectivity index is 1.59. The first-order valence-electron chi connectivity index (χ1n) is 11.8. The zero-order valence-corrected chi connectivity index (χ0v) is 20.4. The third kappa shape index (κ3) is 5.28. The smallest absolute Gasteiger partial charge is 0.369 e. The number of hydrogen-bond acceptors (Lipinski definition) is 5. The van der Waals surface area contributed by atoms with Crippen LogP contribution in [0.3, 0.4) is 0 Å². The predicted octanol–water partition coefficient (Wildman–Crippen LogP) is 4.26. The van der Waals surface area contributed by atoms with Crippen molar-refractivity contribution in [1.29, 1.82) is 0 Å². The first-order chi connectivity index (χ1) is 17.1. The first-order valence-corrected chi connectivity index (χ1v) is 11.8. The van der Waals surface area contributed by atoms with Crippen LogP contribution in [0.4, 0.5) is 24.5 Å². The van der Waals surface area contributed by atoms with Crippen LogP contribution in [0.2, 0.25) is 0 Å². The van der Waals surface area contributed by atoms with E-state index in [-0.39, 0.29) is 11.4 Å². The minimum absolute atomic E-state index is 0.177. The normalized spacial score (nSPS) is 14.7. The number of hydrogen-bond donors (Lipinski definition) is 1. The van der Waals surface area contributed by atoms with E-state index in [4.69, 9.17) is 0 Å². The lowest BCUT2D eigenvalue weighted by atomic mass is 10.1. The highest BCUT2D eigenvalue weighted by Crippen LogP contribution is 2.33. The number of carbonyl (C=O) groups excluding carboxylic acids is 1. The van der Waals surface area contributed by atoms with Crippen LogP contribution in [0.25, 0.3) is 5.69 Å². The first kappa shape index (κ1) is 25.4. The van der Waals surface area contributed by atoms with Crippen LogP contribution in [0, 0.1) is 13.8 Å². The van der Waals surface area contributed by atoms with Crippen LogP contribution < -0.4 is 15.6 Å². The van der Waals surface area contributed by atoms with Crippen molar-refractivity contribution in [2.24, 2.45) is 0 Å². The van der Waals surface area contributed by atoms with Crippen molar-refractivity contribution in [3.8, 4) is 5.69 Å². The van der Waals surface area contributed by atoms with Crippen molar-refractivity contribution in [1.82, 2.24) is 14.7 Å². The number of para-hydroxylation sites is 1. The molecule has 2 heterocycles. The Morgan fingerprint density at radius 2 is 1.69 bits per heavy atom. The van der Waals surface area contributed by atoms with Crippen LogP contribution in [-0.2, 0) is 6.18 Å². The van der Waals surface area contributed by atoms with Crippen molar-refractivity contribution >= 4 is 17.3 Å². The van der Waals surface area contributed by atoms with Crippen molar-refractivity contribution in [3.63, 3.8) is 0 Å². The summed E-state index contributed by atoms with van der Waals surface area (Å²) in [6.45, 7) is 10.4. The number of nitrogens with zero attached hydrogens (tertiary/aromatic N) is 4. The Hall–Kier alpha value is -3.66. The molecule has 1 aliphatic heterocycles. The Bertz CT molecular complexity index is 1330. The molecule has 3 aromatic rings. The Kier molecular flexibility index (Phi) is 7.16.